The van der Waals surface area contributed by atoms with Crippen molar-refractivity contribution in [2.24, 2.45) is 0 Å². The molecule has 5 rings (SSSR count). The topological polar surface area (TPSA) is 110 Å². The van der Waals surface area contributed by atoms with Gasteiger partial charge in [-0.15, -0.1) is 11.3 Å². The number of anilines is 2. The predicted octanol–water partition coefficient (Wildman–Crippen LogP) is 3.25. The first kappa shape index (κ1) is 18.7. The molecular formula is C21H20N6O2S. The van der Waals surface area contributed by atoms with E-state index in [1.54, 1.807) is 35.9 Å². The van der Waals surface area contributed by atoms with Crippen LogP contribution in [0.5, 0.6) is 5.75 Å². The average Bonchev–Trinajstić information content (AvgIpc) is 3.11. The number of nitrogens with two attached hydrogens (primary N) is 1. The summed E-state index contributed by atoms with van der Waals surface area (Å²) in [6.07, 6.45) is 3.29. The van der Waals surface area contributed by atoms with Crippen LogP contribution in [0, 0.1) is 6.92 Å². The number of benzene rings is 1. The fraction of sp³-hybridized carbons (Fsp3) is 0.238. The molecule has 1 aromatic carbocycles. The third-order valence-corrected chi connectivity index (χ3v) is 6.42. The summed E-state index contributed by atoms with van der Waals surface area (Å²) in [5.74, 6) is 1.90. The highest BCUT2D eigenvalue weighted by molar-refractivity contribution is 7.23. The molecule has 8 nitrogen and oxygen atoms in total. The monoisotopic (exact) mass is 420 g/mol. The molecule has 30 heavy (non-hydrogen) atoms. The highest BCUT2D eigenvalue weighted by Gasteiger charge is 2.23. The van der Waals surface area contributed by atoms with Gasteiger partial charge in [0.25, 0.3) is 0 Å². The number of ether oxygens (including phenoxy) is 1. The van der Waals surface area contributed by atoms with Gasteiger partial charge < -0.3 is 20.5 Å². The van der Waals surface area contributed by atoms with Crippen molar-refractivity contribution in [1.82, 2.24) is 19.9 Å². The molecule has 152 valence electrons. The molecule has 3 N–H and O–H groups in total. The molecule has 0 saturated carbocycles. The Labute approximate surface area is 177 Å². The number of thiophene rings is 1. The summed E-state index contributed by atoms with van der Waals surface area (Å²) in [5, 5.41) is 9.94. The minimum atomic E-state index is 0.214. The number of nitrogens with zero attached hydrogens (tertiary/aromatic N) is 5. The van der Waals surface area contributed by atoms with Gasteiger partial charge in [-0.3, -0.25) is 0 Å². The molecule has 9 heteroatoms. The van der Waals surface area contributed by atoms with Crippen LogP contribution in [0.15, 0.2) is 36.7 Å². The number of aromatic nitrogens is 4. The number of fused-ring (bicyclic) bond motifs is 1. The minimum absolute atomic E-state index is 0.214. The SMILES string of the molecule is Cc1c(-c2cccc(O)c2)sc2c(N3CCOCC3)nc(-c3cnc(N)nc3)nc12. The Kier molecular flexibility index (Phi) is 4.68. The van der Waals surface area contributed by atoms with Gasteiger partial charge in [-0.05, 0) is 30.2 Å². The van der Waals surface area contributed by atoms with E-state index in [1.165, 1.54) is 0 Å². The first-order valence-electron chi connectivity index (χ1n) is 9.61. The van der Waals surface area contributed by atoms with E-state index in [0.29, 0.717) is 24.6 Å². The van der Waals surface area contributed by atoms with E-state index >= 15 is 0 Å². The van der Waals surface area contributed by atoms with Crippen LogP contribution in [0.2, 0.25) is 0 Å². The molecule has 1 aliphatic rings. The summed E-state index contributed by atoms with van der Waals surface area (Å²) in [7, 11) is 0. The van der Waals surface area contributed by atoms with Crippen molar-refractivity contribution >= 4 is 33.3 Å². The number of aryl methyl sites for hydroxylation is 1. The molecule has 4 aromatic rings. The fourth-order valence-corrected chi connectivity index (χ4v) is 4.83. The lowest BCUT2D eigenvalue weighted by Crippen LogP contribution is -2.36. The number of aromatic hydroxyl groups is 1. The van der Waals surface area contributed by atoms with E-state index in [4.69, 9.17) is 20.4 Å². The van der Waals surface area contributed by atoms with Gasteiger partial charge in [-0.25, -0.2) is 19.9 Å². The van der Waals surface area contributed by atoms with E-state index in [1.807, 2.05) is 12.1 Å². The Morgan fingerprint density at radius 3 is 2.60 bits per heavy atom. The van der Waals surface area contributed by atoms with E-state index in [9.17, 15) is 5.11 Å². The van der Waals surface area contributed by atoms with Crippen LogP contribution in [0.1, 0.15) is 5.56 Å². The normalized spacial score (nSPS) is 14.4. The number of phenols is 1. The molecule has 1 saturated heterocycles. The van der Waals surface area contributed by atoms with Crippen LogP contribution in [-0.2, 0) is 4.74 Å². The summed E-state index contributed by atoms with van der Waals surface area (Å²) in [5.41, 5.74) is 9.26. The Hall–Kier alpha value is -3.30. The second-order valence-corrected chi connectivity index (χ2v) is 8.11. The number of hydrogen-bond acceptors (Lipinski definition) is 9. The number of rotatable bonds is 3. The maximum atomic E-state index is 9.94. The van der Waals surface area contributed by atoms with Crippen LogP contribution in [-0.4, -0.2) is 51.3 Å². The van der Waals surface area contributed by atoms with Gasteiger partial charge >= 0.3 is 0 Å². The summed E-state index contributed by atoms with van der Waals surface area (Å²) >= 11 is 1.64. The lowest BCUT2D eigenvalue weighted by atomic mass is 10.1. The maximum Gasteiger partial charge on any atom is 0.219 e. The number of hydrogen-bond donors (Lipinski definition) is 2. The van der Waals surface area contributed by atoms with Crippen LogP contribution < -0.4 is 10.6 Å². The first-order chi connectivity index (χ1) is 14.6. The zero-order valence-corrected chi connectivity index (χ0v) is 17.2. The van der Waals surface area contributed by atoms with Gasteiger partial charge in [0.2, 0.25) is 5.95 Å². The number of phenolic OH excluding ortho intramolecular Hbond substituents is 1. The van der Waals surface area contributed by atoms with E-state index in [0.717, 1.165) is 45.1 Å². The van der Waals surface area contributed by atoms with Gasteiger partial charge in [-0.1, -0.05) is 12.1 Å². The van der Waals surface area contributed by atoms with Gasteiger partial charge in [0.15, 0.2) is 11.6 Å². The van der Waals surface area contributed by atoms with Crippen LogP contribution in [0.4, 0.5) is 11.8 Å². The van der Waals surface area contributed by atoms with Gasteiger partial charge in [0.05, 0.1) is 29.0 Å². The Morgan fingerprint density at radius 2 is 1.87 bits per heavy atom. The highest BCUT2D eigenvalue weighted by Crippen LogP contribution is 2.42. The van der Waals surface area contributed by atoms with E-state index < -0.39 is 0 Å². The van der Waals surface area contributed by atoms with Crippen molar-refractivity contribution in [2.45, 2.75) is 6.92 Å². The highest BCUT2D eigenvalue weighted by atomic mass is 32.1. The maximum absolute atomic E-state index is 9.94. The Morgan fingerprint density at radius 1 is 1.10 bits per heavy atom. The predicted molar refractivity (Wildman–Crippen MR) is 118 cm³/mol. The third kappa shape index (κ3) is 3.31. The van der Waals surface area contributed by atoms with Crippen molar-refractivity contribution in [1.29, 1.82) is 0 Å². The Bertz CT molecular complexity index is 1220. The molecule has 4 heterocycles. The van der Waals surface area contributed by atoms with Crippen molar-refractivity contribution in [2.75, 3.05) is 36.9 Å². The van der Waals surface area contributed by atoms with Gasteiger partial charge in [0.1, 0.15) is 5.75 Å². The van der Waals surface area contributed by atoms with Crippen molar-refractivity contribution < 1.29 is 9.84 Å². The minimum Gasteiger partial charge on any atom is -0.508 e. The number of morpholine rings is 1. The van der Waals surface area contributed by atoms with E-state index in [2.05, 4.69) is 21.8 Å². The second kappa shape index (κ2) is 7.51. The lowest BCUT2D eigenvalue weighted by molar-refractivity contribution is 0.122. The van der Waals surface area contributed by atoms with Crippen LogP contribution in [0.3, 0.4) is 0 Å². The van der Waals surface area contributed by atoms with Crippen LogP contribution in [0.25, 0.3) is 32.0 Å². The van der Waals surface area contributed by atoms with E-state index in [-0.39, 0.29) is 11.7 Å². The zero-order valence-electron chi connectivity index (χ0n) is 16.4. The summed E-state index contributed by atoms with van der Waals surface area (Å²) in [6.45, 7) is 4.91. The molecule has 0 unspecified atom stereocenters. The van der Waals surface area contributed by atoms with Crippen molar-refractivity contribution in [3.63, 3.8) is 0 Å². The Balaban J connectivity index is 1.73. The molecule has 0 atom stereocenters. The zero-order chi connectivity index (χ0) is 20.7. The van der Waals surface area contributed by atoms with Crippen molar-refractivity contribution in [3.8, 4) is 27.6 Å². The van der Waals surface area contributed by atoms with Crippen LogP contribution >= 0.6 is 11.3 Å². The molecule has 0 radical (unpaired) electrons. The smallest absolute Gasteiger partial charge is 0.219 e. The third-order valence-electron chi connectivity index (χ3n) is 5.10. The molecule has 0 amide bonds. The van der Waals surface area contributed by atoms with Gasteiger partial charge in [0, 0.05) is 30.4 Å². The summed E-state index contributed by atoms with van der Waals surface area (Å²) in [6, 6.07) is 7.28. The summed E-state index contributed by atoms with van der Waals surface area (Å²) in [4.78, 5) is 21.2. The molecule has 0 aliphatic carbocycles. The average molecular weight is 420 g/mol. The largest absolute Gasteiger partial charge is 0.508 e. The van der Waals surface area contributed by atoms with Gasteiger partial charge in [-0.2, -0.15) is 0 Å². The molecular weight excluding hydrogens is 400 g/mol. The molecule has 1 fully saturated rings. The summed E-state index contributed by atoms with van der Waals surface area (Å²) < 4.78 is 6.55. The first-order valence-corrected chi connectivity index (χ1v) is 10.4. The van der Waals surface area contributed by atoms with Crippen molar-refractivity contribution in [3.05, 3.63) is 42.2 Å². The second-order valence-electron chi connectivity index (χ2n) is 7.08. The quantitative estimate of drug-likeness (QED) is 0.520. The molecule has 3 aromatic heterocycles. The lowest BCUT2D eigenvalue weighted by Gasteiger charge is -2.28. The molecule has 1 aliphatic heterocycles. The molecule has 0 spiro atoms. The number of nitrogen functional groups attached to an aromatic ring is 1. The fourth-order valence-electron chi connectivity index (χ4n) is 3.57. The standard InChI is InChI=1S/C21H20N6O2S/c1-12-16-18(30-17(12)13-3-2-4-15(28)9-13)20(27-5-7-29-8-6-27)26-19(25-16)14-10-23-21(22)24-11-14/h2-4,9-11,28H,5-8H2,1H3,(H2,22,23,24). The molecule has 0 bridgehead atoms.